The van der Waals surface area contributed by atoms with Crippen molar-refractivity contribution in [1.29, 1.82) is 0 Å². The number of hydrogen-bond acceptors (Lipinski definition) is 5. The number of ether oxygens (including phenoxy) is 2. The molecule has 1 aromatic heterocycles. The maximum atomic E-state index is 5.55. The second-order valence-electron chi connectivity index (χ2n) is 3.72. The minimum atomic E-state index is 0.297. The summed E-state index contributed by atoms with van der Waals surface area (Å²) in [6, 6.07) is 5.57. The highest BCUT2D eigenvalue weighted by molar-refractivity contribution is 5.72. The van der Waals surface area contributed by atoms with Gasteiger partial charge in [0.15, 0.2) is 11.6 Å². The van der Waals surface area contributed by atoms with Crippen LogP contribution in [0.3, 0.4) is 0 Å². The lowest BCUT2D eigenvalue weighted by atomic mass is 10.1. The van der Waals surface area contributed by atoms with Gasteiger partial charge in [-0.1, -0.05) is 6.07 Å². The van der Waals surface area contributed by atoms with Crippen molar-refractivity contribution in [1.82, 2.24) is 14.8 Å². The second kappa shape index (κ2) is 5.05. The highest BCUT2D eigenvalue weighted by atomic mass is 16.5. The molecule has 0 aliphatic carbocycles. The van der Waals surface area contributed by atoms with Crippen LogP contribution in [0, 0.1) is 0 Å². The summed E-state index contributed by atoms with van der Waals surface area (Å²) < 4.78 is 12.4. The fraction of sp³-hybridized carbons (Fsp3) is 0.333. The number of hydrogen-bond donors (Lipinski definition) is 1. The predicted octanol–water partition coefficient (Wildman–Crippen LogP) is 0.958. The summed E-state index contributed by atoms with van der Waals surface area (Å²) in [5.41, 5.74) is 6.33. The zero-order valence-corrected chi connectivity index (χ0v) is 10.7. The maximum absolute atomic E-state index is 5.55. The first-order valence-electron chi connectivity index (χ1n) is 5.52. The number of nitrogens with two attached hydrogens (primary N) is 1. The van der Waals surface area contributed by atoms with Gasteiger partial charge in [0, 0.05) is 7.05 Å². The molecule has 0 aliphatic rings. The molecule has 1 aromatic carbocycles. The van der Waals surface area contributed by atoms with Gasteiger partial charge in [0.25, 0.3) is 0 Å². The highest BCUT2D eigenvalue weighted by Crippen LogP contribution is 2.36. The van der Waals surface area contributed by atoms with Crippen molar-refractivity contribution in [2.75, 3.05) is 14.2 Å². The van der Waals surface area contributed by atoms with Crippen LogP contribution in [-0.2, 0) is 13.6 Å². The van der Waals surface area contributed by atoms with E-state index in [-0.39, 0.29) is 0 Å². The van der Waals surface area contributed by atoms with Gasteiger partial charge in [0.05, 0.1) is 20.8 Å². The van der Waals surface area contributed by atoms with Crippen molar-refractivity contribution < 1.29 is 9.47 Å². The van der Waals surface area contributed by atoms with Gasteiger partial charge in [-0.15, -0.1) is 0 Å². The van der Waals surface area contributed by atoms with Crippen LogP contribution in [0.1, 0.15) is 5.82 Å². The van der Waals surface area contributed by atoms with Crippen molar-refractivity contribution >= 4 is 0 Å². The Morgan fingerprint density at radius 3 is 2.28 bits per heavy atom. The lowest BCUT2D eigenvalue weighted by Crippen LogP contribution is -2.00. The van der Waals surface area contributed by atoms with Crippen LogP contribution < -0.4 is 15.2 Å². The number of benzene rings is 1. The van der Waals surface area contributed by atoms with E-state index in [1.54, 1.807) is 18.9 Å². The van der Waals surface area contributed by atoms with Crippen LogP contribution in [0.25, 0.3) is 11.4 Å². The topological polar surface area (TPSA) is 75.2 Å². The van der Waals surface area contributed by atoms with E-state index in [0.717, 1.165) is 5.56 Å². The molecule has 2 N–H and O–H groups in total. The van der Waals surface area contributed by atoms with E-state index in [2.05, 4.69) is 10.1 Å². The molecule has 0 saturated heterocycles. The molecule has 1 heterocycles. The predicted molar refractivity (Wildman–Crippen MR) is 67.4 cm³/mol. The molecular weight excluding hydrogens is 232 g/mol. The molecule has 96 valence electrons. The van der Waals surface area contributed by atoms with Crippen LogP contribution in [0.15, 0.2) is 18.2 Å². The largest absolute Gasteiger partial charge is 0.496 e. The summed E-state index contributed by atoms with van der Waals surface area (Å²) in [5, 5.41) is 4.23. The minimum absolute atomic E-state index is 0.297. The first kappa shape index (κ1) is 12.4. The van der Waals surface area contributed by atoms with Crippen molar-refractivity contribution in [3.8, 4) is 22.9 Å². The first-order valence-corrected chi connectivity index (χ1v) is 5.52. The van der Waals surface area contributed by atoms with Crippen molar-refractivity contribution in [2.24, 2.45) is 12.8 Å². The van der Waals surface area contributed by atoms with Crippen LogP contribution in [-0.4, -0.2) is 29.0 Å². The van der Waals surface area contributed by atoms with Crippen LogP contribution >= 0.6 is 0 Å². The summed E-state index contributed by atoms with van der Waals surface area (Å²) in [5.74, 6) is 2.63. The third-order valence-electron chi connectivity index (χ3n) is 2.64. The smallest absolute Gasteiger partial charge is 0.165 e. The van der Waals surface area contributed by atoms with E-state index in [1.165, 1.54) is 0 Å². The lowest BCUT2D eigenvalue weighted by molar-refractivity contribution is 0.396. The molecule has 0 atom stereocenters. The Morgan fingerprint density at radius 2 is 1.83 bits per heavy atom. The Bertz CT molecular complexity index is 529. The third-order valence-corrected chi connectivity index (χ3v) is 2.64. The molecule has 0 unspecified atom stereocenters. The van der Waals surface area contributed by atoms with Crippen molar-refractivity contribution in [3.63, 3.8) is 0 Å². The Hall–Kier alpha value is -2.08. The fourth-order valence-corrected chi connectivity index (χ4v) is 1.81. The molecule has 0 radical (unpaired) electrons. The quantitative estimate of drug-likeness (QED) is 0.872. The lowest BCUT2D eigenvalue weighted by Gasteiger charge is -2.11. The first-order chi connectivity index (χ1) is 8.71. The number of aryl methyl sites for hydroxylation is 1. The molecule has 0 bridgehead atoms. The van der Waals surface area contributed by atoms with Gasteiger partial charge in [-0.2, -0.15) is 5.10 Å². The molecule has 2 rings (SSSR count). The molecule has 0 fully saturated rings. The Labute approximate surface area is 105 Å². The molecular formula is C12H16N4O2. The molecule has 6 heteroatoms. The molecule has 0 aliphatic heterocycles. The number of methoxy groups -OCH3 is 2. The number of rotatable bonds is 4. The average Bonchev–Trinajstić information content (AvgIpc) is 2.78. The third kappa shape index (κ3) is 2.02. The monoisotopic (exact) mass is 248 g/mol. The molecule has 2 aromatic rings. The van der Waals surface area contributed by atoms with Gasteiger partial charge in [-0.25, -0.2) is 9.67 Å². The highest BCUT2D eigenvalue weighted by Gasteiger charge is 2.18. The van der Waals surface area contributed by atoms with E-state index in [0.29, 0.717) is 29.7 Å². The van der Waals surface area contributed by atoms with Gasteiger partial charge in [-0.05, 0) is 12.1 Å². The van der Waals surface area contributed by atoms with E-state index < -0.39 is 0 Å². The zero-order chi connectivity index (χ0) is 13.1. The van der Waals surface area contributed by atoms with Crippen LogP contribution in [0.4, 0.5) is 0 Å². The Kier molecular flexibility index (Phi) is 3.47. The van der Waals surface area contributed by atoms with Crippen molar-refractivity contribution in [3.05, 3.63) is 24.0 Å². The zero-order valence-electron chi connectivity index (χ0n) is 10.7. The fourth-order valence-electron chi connectivity index (χ4n) is 1.81. The van der Waals surface area contributed by atoms with E-state index in [4.69, 9.17) is 15.2 Å². The Morgan fingerprint density at radius 1 is 1.22 bits per heavy atom. The normalized spacial score (nSPS) is 10.4. The van der Waals surface area contributed by atoms with Gasteiger partial charge < -0.3 is 15.2 Å². The van der Waals surface area contributed by atoms with Crippen molar-refractivity contribution in [2.45, 2.75) is 6.54 Å². The summed E-state index contributed by atoms with van der Waals surface area (Å²) in [7, 11) is 5.03. The summed E-state index contributed by atoms with van der Waals surface area (Å²) >= 11 is 0. The van der Waals surface area contributed by atoms with E-state index in [1.807, 2.05) is 25.2 Å². The minimum Gasteiger partial charge on any atom is -0.496 e. The molecule has 0 amide bonds. The van der Waals surface area contributed by atoms with E-state index in [9.17, 15) is 0 Å². The number of aromatic nitrogens is 3. The maximum Gasteiger partial charge on any atom is 0.165 e. The SMILES string of the molecule is COc1cccc(OC)c1-c1nc(CN)nn1C. The molecule has 6 nitrogen and oxygen atoms in total. The number of nitrogens with zero attached hydrogens (tertiary/aromatic N) is 3. The molecule has 0 saturated carbocycles. The van der Waals surface area contributed by atoms with Crippen LogP contribution in [0.5, 0.6) is 11.5 Å². The van der Waals surface area contributed by atoms with E-state index >= 15 is 0 Å². The van der Waals surface area contributed by atoms with Gasteiger partial charge in [0.2, 0.25) is 0 Å². The summed E-state index contributed by atoms with van der Waals surface area (Å²) in [6.07, 6.45) is 0. The second-order valence-corrected chi connectivity index (χ2v) is 3.72. The average molecular weight is 248 g/mol. The Balaban J connectivity index is 2.64. The van der Waals surface area contributed by atoms with Crippen LogP contribution in [0.2, 0.25) is 0 Å². The summed E-state index contributed by atoms with van der Waals surface area (Å²) in [4.78, 5) is 4.38. The van der Waals surface area contributed by atoms with Gasteiger partial charge in [0.1, 0.15) is 17.1 Å². The molecule has 18 heavy (non-hydrogen) atoms. The summed E-state index contributed by atoms with van der Waals surface area (Å²) in [6.45, 7) is 0.297. The standard InChI is InChI=1S/C12H16N4O2/c1-16-12(14-10(7-13)15-16)11-8(17-2)5-4-6-9(11)18-3/h4-6H,7,13H2,1-3H3. The molecule has 0 spiro atoms. The van der Waals surface area contributed by atoms with Gasteiger partial charge >= 0.3 is 0 Å². The van der Waals surface area contributed by atoms with Gasteiger partial charge in [-0.3, -0.25) is 0 Å².